The zero-order chi connectivity index (χ0) is 9.28. The van der Waals surface area contributed by atoms with Gasteiger partial charge in [-0.1, -0.05) is 0 Å². The first-order chi connectivity index (χ1) is 5.04. The lowest BCUT2D eigenvalue weighted by Gasteiger charge is -1.94. The summed E-state index contributed by atoms with van der Waals surface area (Å²) in [5.41, 5.74) is 0. The lowest BCUT2D eigenvalue weighted by Crippen LogP contribution is -1.95. The lowest BCUT2D eigenvalue weighted by atomic mass is 10.5. The highest BCUT2D eigenvalue weighted by molar-refractivity contribution is 5.65. The van der Waals surface area contributed by atoms with Gasteiger partial charge in [0.15, 0.2) is 0 Å². The summed E-state index contributed by atoms with van der Waals surface area (Å²) in [5, 5.41) is 0. The van der Waals surface area contributed by atoms with Crippen molar-refractivity contribution in [1.82, 2.24) is 0 Å². The van der Waals surface area contributed by atoms with Crippen LogP contribution in [0.4, 0.5) is 0 Å². The molecule has 0 fully saturated rings. The van der Waals surface area contributed by atoms with Gasteiger partial charge >= 0.3 is 5.97 Å². The molecule has 0 bridgehead atoms. The van der Waals surface area contributed by atoms with Crippen molar-refractivity contribution in [3.63, 3.8) is 0 Å². The van der Waals surface area contributed by atoms with Gasteiger partial charge in [0.25, 0.3) is 0 Å². The molecule has 0 aliphatic rings. The molecule has 0 aliphatic carbocycles. The van der Waals surface area contributed by atoms with E-state index in [2.05, 4.69) is 4.74 Å². The first kappa shape index (κ1) is 13.1. The molecule has 0 rings (SSSR count). The standard InChI is InChI=1S/C4H8O2.C4H10O/c1-3-6-4(2)5;1-4(2)5-3/h3H2,1-2H3;4H,1-3H3. The van der Waals surface area contributed by atoms with Crippen molar-refractivity contribution in [2.75, 3.05) is 13.7 Å². The Morgan fingerprint density at radius 3 is 1.82 bits per heavy atom. The van der Waals surface area contributed by atoms with E-state index in [0.717, 1.165) is 0 Å². The number of hydrogen-bond acceptors (Lipinski definition) is 3. The number of carbonyl (C=O) groups excluding carboxylic acids is 1. The second-order valence-electron chi connectivity index (χ2n) is 2.21. The maximum Gasteiger partial charge on any atom is 0.302 e. The predicted molar refractivity (Wildman–Crippen MR) is 44.5 cm³/mol. The third-order valence-electron chi connectivity index (χ3n) is 0.819. The van der Waals surface area contributed by atoms with Crippen molar-refractivity contribution < 1.29 is 14.3 Å². The zero-order valence-corrected chi connectivity index (χ0v) is 8.01. The van der Waals surface area contributed by atoms with E-state index in [0.29, 0.717) is 12.7 Å². The molecule has 0 heterocycles. The van der Waals surface area contributed by atoms with Crippen molar-refractivity contribution in [2.24, 2.45) is 0 Å². The van der Waals surface area contributed by atoms with Gasteiger partial charge in [-0.25, -0.2) is 0 Å². The highest BCUT2D eigenvalue weighted by atomic mass is 16.5. The van der Waals surface area contributed by atoms with Crippen LogP contribution < -0.4 is 0 Å². The molecule has 11 heavy (non-hydrogen) atoms. The minimum atomic E-state index is -0.211. The average molecular weight is 162 g/mol. The van der Waals surface area contributed by atoms with Crippen LogP contribution in [0.15, 0.2) is 0 Å². The normalized spacial score (nSPS) is 8.55. The number of ether oxygens (including phenoxy) is 2. The molecule has 68 valence electrons. The number of rotatable bonds is 2. The van der Waals surface area contributed by atoms with Crippen molar-refractivity contribution >= 4 is 5.97 Å². The summed E-state index contributed by atoms with van der Waals surface area (Å²) in [5.74, 6) is -0.211. The van der Waals surface area contributed by atoms with Gasteiger partial charge in [0.05, 0.1) is 12.7 Å². The molecular weight excluding hydrogens is 144 g/mol. The highest BCUT2D eigenvalue weighted by Gasteiger charge is 1.81. The molecule has 3 heteroatoms. The second kappa shape index (κ2) is 9.43. The molecule has 3 nitrogen and oxygen atoms in total. The van der Waals surface area contributed by atoms with E-state index in [1.807, 2.05) is 13.8 Å². The van der Waals surface area contributed by atoms with Gasteiger partial charge in [0, 0.05) is 14.0 Å². The third kappa shape index (κ3) is 26.5. The topological polar surface area (TPSA) is 35.5 Å². The minimum Gasteiger partial charge on any atom is -0.466 e. The second-order valence-corrected chi connectivity index (χ2v) is 2.21. The van der Waals surface area contributed by atoms with Crippen LogP contribution in [0.25, 0.3) is 0 Å². The van der Waals surface area contributed by atoms with E-state index >= 15 is 0 Å². The fraction of sp³-hybridized carbons (Fsp3) is 0.875. The van der Waals surface area contributed by atoms with E-state index in [4.69, 9.17) is 4.74 Å². The molecule has 0 aromatic rings. The molecule has 0 saturated carbocycles. The maximum absolute atomic E-state index is 9.82. The molecule has 0 N–H and O–H groups in total. The molecule has 0 spiro atoms. The van der Waals surface area contributed by atoms with E-state index in [9.17, 15) is 4.79 Å². The molecular formula is C8H18O3. The largest absolute Gasteiger partial charge is 0.466 e. The van der Waals surface area contributed by atoms with E-state index in [1.165, 1.54) is 6.92 Å². The van der Waals surface area contributed by atoms with Gasteiger partial charge in [-0.3, -0.25) is 4.79 Å². The summed E-state index contributed by atoms with van der Waals surface area (Å²) in [4.78, 5) is 9.82. The smallest absolute Gasteiger partial charge is 0.302 e. The summed E-state index contributed by atoms with van der Waals surface area (Å²) in [6.07, 6.45) is 0.384. The third-order valence-corrected chi connectivity index (χ3v) is 0.819. The minimum absolute atomic E-state index is 0.211. The molecule has 0 aliphatic heterocycles. The van der Waals surface area contributed by atoms with Gasteiger partial charge in [-0.2, -0.15) is 0 Å². The first-order valence-electron chi connectivity index (χ1n) is 3.70. The Morgan fingerprint density at radius 2 is 1.82 bits per heavy atom. The number of carbonyl (C=O) groups is 1. The molecule has 0 radical (unpaired) electrons. The molecule has 0 aromatic heterocycles. The van der Waals surface area contributed by atoms with Crippen LogP contribution in [-0.2, 0) is 14.3 Å². The fourth-order valence-electron chi connectivity index (χ4n) is 0.203. The molecule has 0 unspecified atom stereocenters. The van der Waals surface area contributed by atoms with Crippen LogP contribution in [0, 0.1) is 0 Å². The van der Waals surface area contributed by atoms with Crippen molar-refractivity contribution in [3.05, 3.63) is 0 Å². The SMILES string of the molecule is CCOC(C)=O.COC(C)C. The predicted octanol–water partition coefficient (Wildman–Crippen LogP) is 1.61. The van der Waals surface area contributed by atoms with Crippen LogP contribution in [0.2, 0.25) is 0 Å². The number of esters is 1. The van der Waals surface area contributed by atoms with Crippen molar-refractivity contribution in [3.8, 4) is 0 Å². The molecule has 0 saturated heterocycles. The summed E-state index contributed by atoms with van der Waals surface area (Å²) in [6, 6.07) is 0. The van der Waals surface area contributed by atoms with Crippen LogP contribution in [0.1, 0.15) is 27.7 Å². The maximum atomic E-state index is 9.82. The number of hydrogen-bond donors (Lipinski definition) is 0. The molecule has 0 amide bonds. The Labute approximate surface area is 68.7 Å². The van der Waals surface area contributed by atoms with Gasteiger partial charge in [-0.05, 0) is 20.8 Å². The van der Waals surface area contributed by atoms with Crippen molar-refractivity contribution in [1.29, 1.82) is 0 Å². The summed E-state index contributed by atoms with van der Waals surface area (Å²) >= 11 is 0. The summed E-state index contributed by atoms with van der Waals surface area (Å²) in [7, 11) is 1.70. The Hall–Kier alpha value is -0.570. The Kier molecular flexibility index (Phi) is 11.2. The lowest BCUT2D eigenvalue weighted by molar-refractivity contribution is -0.140. The first-order valence-corrected chi connectivity index (χ1v) is 3.70. The number of methoxy groups -OCH3 is 1. The van der Waals surface area contributed by atoms with Crippen molar-refractivity contribution in [2.45, 2.75) is 33.8 Å². The quantitative estimate of drug-likeness (QED) is 0.579. The van der Waals surface area contributed by atoms with E-state index in [1.54, 1.807) is 14.0 Å². The fourth-order valence-corrected chi connectivity index (χ4v) is 0.203. The summed E-state index contributed by atoms with van der Waals surface area (Å²) in [6.45, 7) is 7.65. The monoisotopic (exact) mass is 162 g/mol. The van der Waals surface area contributed by atoms with Gasteiger partial charge < -0.3 is 9.47 Å². The average Bonchev–Trinajstić information content (AvgIpc) is 1.89. The molecule has 0 aromatic carbocycles. The van der Waals surface area contributed by atoms with Crippen LogP contribution in [0.3, 0.4) is 0 Å². The van der Waals surface area contributed by atoms with E-state index < -0.39 is 0 Å². The van der Waals surface area contributed by atoms with Crippen LogP contribution in [0.5, 0.6) is 0 Å². The van der Waals surface area contributed by atoms with Crippen LogP contribution in [-0.4, -0.2) is 25.8 Å². The Bertz CT molecular complexity index is 89.3. The zero-order valence-electron chi connectivity index (χ0n) is 8.01. The summed E-state index contributed by atoms with van der Waals surface area (Å²) < 4.78 is 9.15. The van der Waals surface area contributed by atoms with E-state index in [-0.39, 0.29) is 5.97 Å². The van der Waals surface area contributed by atoms with Gasteiger partial charge in [-0.15, -0.1) is 0 Å². The van der Waals surface area contributed by atoms with Gasteiger partial charge in [0.2, 0.25) is 0 Å². The van der Waals surface area contributed by atoms with Gasteiger partial charge in [0.1, 0.15) is 0 Å². The Balaban J connectivity index is 0. The Morgan fingerprint density at radius 1 is 1.45 bits per heavy atom. The molecule has 0 atom stereocenters. The highest BCUT2D eigenvalue weighted by Crippen LogP contribution is 1.77. The van der Waals surface area contributed by atoms with Crippen LogP contribution >= 0.6 is 0 Å².